The van der Waals surface area contributed by atoms with E-state index in [9.17, 15) is 9.59 Å². The molecule has 20 nitrogen and oxygen atoms in total. The van der Waals surface area contributed by atoms with E-state index in [1.54, 1.807) is 77.5 Å². The number of benzene rings is 4. The maximum atomic E-state index is 12.9. The highest BCUT2D eigenvalue weighted by Gasteiger charge is 2.12. The summed E-state index contributed by atoms with van der Waals surface area (Å²) in [6.45, 7) is 5.31. The Bertz CT molecular complexity index is 2360. The van der Waals surface area contributed by atoms with Crippen LogP contribution in [0, 0.1) is 0 Å². The summed E-state index contributed by atoms with van der Waals surface area (Å²) in [5, 5.41) is 23.7. The SMILES string of the molecule is [N-]=[N+]=NCCCCOCCn1cc(CCCOc2ccc(C(=O)Oc3ccc(-c4ccc(OC(=O)c5ccc(OCCCc6cn(CCCCOCCN=[N+]=[N-])nn6)cc5)cc4)cc3)cc2)nn1. The Hall–Kier alpha value is -7.76. The van der Waals surface area contributed by atoms with Crippen molar-refractivity contribution < 1.29 is 38.0 Å². The summed E-state index contributed by atoms with van der Waals surface area (Å²) in [5.41, 5.74) is 20.9. The summed E-state index contributed by atoms with van der Waals surface area (Å²) in [7, 11) is 0. The van der Waals surface area contributed by atoms with Crippen molar-refractivity contribution in [1.82, 2.24) is 30.0 Å². The molecule has 0 atom stereocenters. The molecule has 0 amide bonds. The molecule has 0 saturated heterocycles. The number of ether oxygens (including phenoxy) is 6. The lowest BCUT2D eigenvalue weighted by molar-refractivity contribution is 0.0725. The molecule has 2 aromatic heterocycles. The molecule has 0 aliphatic rings. The monoisotopic (exact) mass is 926 g/mol. The van der Waals surface area contributed by atoms with Gasteiger partial charge in [0.05, 0.1) is 55.5 Å². The molecule has 68 heavy (non-hydrogen) atoms. The Labute approximate surface area is 393 Å². The second-order valence-electron chi connectivity index (χ2n) is 15.3. The molecule has 354 valence electrons. The fourth-order valence-corrected chi connectivity index (χ4v) is 6.57. The van der Waals surface area contributed by atoms with Crippen molar-refractivity contribution >= 4 is 11.9 Å². The Morgan fingerprint density at radius 2 is 0.941 bits per heavy atom. The van der Waals surface area contributed by atoms with Crippen molar-refractivity contribution in [2.45, 2.75) is 64.5 Å². The van der Waals surface area contributed by atoms with E-state index in [0.29, 0.717) is 99.8 Å². The summed E-state index contributed by atoms with van der Waals surface area (Å²) in [5.74, 6) is 1.12. The van der Waals surface area contributed by atoms with Crippen LogP contribution in [-0.2, 0) is 35.4 Å². The van der Waals surface area contributed by atoms with Crippen LogP contribution in [0.3, 0.4) is 0 Å². The summed E-state index contributed by atoms with van der Waals surface area (Å²) >= 11 is 0. The lowest BCUT2D eigenvalue weighted by Gasteiger charge is -2.09. The van der Waals surface area contributed by atoms with E-state index in [1.165, 1.54) is 0 Å². The minimum atomic E-state index is -0.488. The van der Waals surface area contributed by atoms with Gasteiger partial charge in [0.1, 0.15) is 23.0 Å². The van der Waals surface area contributed by atoms with Gasteiger partial charge in [-0.05, 0) is 146 Å². The molecule has 0 unspecified atom stereocenters. The second kappa shape index (κ2) is 28.3. The van der Waals surface area contributed by atoms with Gasteiger partial charge < -0.3 is 28.4 Å². The van der Waals surface area contributed by atoms with Gasteiger partial charge in [-0.2, -0.15) is 0 Å². The molecule has 0 radical (unpaired) electrons. The van der Waals surface area contributed by atoms with Crippen LogP contribution in [0.15, 0.2) is 120 Å². The van der Waals surface area contributed by atoms with Gasteiger partial charge in [0.2, 0.25) is 0 Å². The van der Waals surface area contributed by atoms with Gasteiger partial charge in [-0.3, -0.25) is 4.68 Å². The van der Waals surface area contributed by atoms with E-state index in [0.717, 1.165) is 74.0 Å². The fourth-order valence-electron chi connectivity index (χ4n) is 6.57. The highest BCUT2D eigenvalue weighted by Crippen LogP contribution is 2.26. The molecule has 6 rings (SSSR count). The Balaban J connectivity index is 0.833. The smallest absolute Gasteiger partial charge is 0.343 e. The third-order valence-corrected chi connectivity index (χ3v) is 10.2. The van der Waals surface area contributed by atoms with Crippen LogP contribution in [0.4, 0.5) is 0 Å². The molecule has 0 spiro atoms. The van der Waals surface area contributed by atoms with Crippen molar-refractivity contribution in [2.75, 3.05) is 52.7 Å². The minimum absolute atomic E-state index is 0.341. The van der Waals surface area contributed by atoms with Crippen molar-refractivity contribution in [3.63, 3.8) is 0 Å². The van der Waals surface area contributed by atoms with Crippen molar-refractivity contribution in [3.05, 3.63) is 153 Å². The standard InChI is InChI=1S/C48H54N12O8/c49-55-51-25-1-3-29-64-34-28-60-36-42(54-58-60)8-6-32-66-44-19-15-40(16-20-44)48(62)68-46-23-11-38(12-24-46)37-9-21-45(22-10-37)67-47(61)39-13-17-43(18-14-39)65-31-5-7-41-35-59(57-53-41)27-2-4-30-63-33-26-52-56-50/h9-24,35-36H,1-8,25-34H2. The molecule has 0 bridgehead atoms. The molecule has 20 heteroatoms. The van der Waals surface area contributed by atoms with Gasteiger partial charge in [0.25, 0.3) is 0 Å². The van der Waals surface area contributed by atoms with Gasteiger partial charge >= 0.3 is 11.9 Å². The molecule has 0 N–H and O–H groups in total. The molecular formula is C48H54N12O8. The number of nitrogens with zero attached hydrogens (tertiary/aromatic N) is 12. The number of azide groups is 2. The van der Waals surface area contributed by atoms with Crippen LogP contribution in [0.2, 0.25) is 0 Å². The lowest BCUT2D eigenvalue weighted by Crippen LogP contribution is -2.08. The first-order chi connectivity index (χ1) is 33.4. The van der Waals surface area contributed by atoms with Gasteiger partial charge in [0.15, 0.2) is 0 Å². The first-order valence-electron chi connectivity index (χ1n) is 22.5. The highest BCUT2D eigenvalue weighted by atomic mass is 16.5. The number of carbonyl (C=O) groups excluding carboxylic acids is 2. The number of aromatic nitrogens is 6. The maximum absolute atomic E-state index is 12.9. The van der Waals surface area contributed by atoms with E-state index >= 15 is 0 Å². The molecule has 4 aromatic carbocycles. The van der Waals surface area contributed by atoms with E-state index in [4.69, 9.17) is 39.5 Å². The summed E-state index contributed by atoms with van der Waals surface area (Å²) in [6.07, 6.45) is 10.2. The van der Waals surface area contributed by atoms with Gasteiger partial charge in [0, 0.05) is 55.1 Å². The van der Waals surface area contributed by atoms with E-state index < -0.39 is 11.9 Å². The van der Waals surface area contributed by atoms with Crippen LogP contribution >= 0.6 is 0 Å². The molecule has 6 aromatic rings. The largest absolute Gasteiger partial charge is 0.494 e. The zero-order chi connectivity index (χ0) is 47.4. The Kier molecular flexibility index (Phi) is 20.7. The first kappa shape index (κ1) is 49.7. The zero-order valence-corrected chi connectivity index (χ0v) is 37.8. The van der Waals surface area contributed by atoms with Crippen molar-refractivity contribution in [2.24, 2.45) is 10.2 Å². The summed E-state index contributed by atoms with van der Waals surface area (Å²) in [6, 6.07) is 28.0. The number of hydrogen-bond acceptors (Lipinski definition) is 14. The molecular weight excluding hydrogens is 873 g/mol. The van der Waals surface area contributed by atoms with E-state index in [1.807, 2.05) is 41.3 Å². The normalized spacial score (nSPS) is 10.8. The van der Waals surface area contributed by atoms with Crippen molar-refractivity contribution in [3.8, 4) is 34.1 Å². The van der Waals surface area contributed by atoms with Gasteiger partial charge in [-0.25, -0.2) is 14.3 Å². The van der Waals surface area contributed by atoms with Crippen LogP contribution in [0.25, 0.3) is 32.0 Å². The summed E-state index contributed by atoms with van der Waals surface area (Å²) in [4.78, 5) is 31.2. The number of aryl methyl sites for hydroxylation is 3. The number of unbranched alkanes of at least 4 members (excludes halogenated alkanes) is 2. The topological polar surface area (TPSA) is 248 Å². The van der Waals surface area contributed by atoms with Crippen LogP contribution in [0.5, 0.6) is 23.0 Å². The number of carbonyl (C=O) groups is 2. The molecule has 0 saturated carbocycles. The van der Waals surface area contributed by atoms with Gasteiger partial charge in [-0.15, -0.1) is 10.2 Å². The minimum Gasteiger partial charge on any atom is -0.494 e. The molecule has 0 aliphatic carbocycles. The van der Waals surface area contributed by atoms with Crippen LogP contribution in [-0.4, -0.2) is 94.7 Å². The van der Waals surface area contributed by atoms with Crippen LogP contribution in [0.1, 0.15) is 70.6 Å². The average Bonchev–Trinajstić information content (AvgIpc) is 4.03. The zero-order valence-electron chi connectivity index (χ0n) is 37.8. The average molecular weight is 927 g/mol. The lowest BCUT2D eigenvalue weighted by atomic mass is 10.1. The van der Waals surface area contributed by atoms with Gasteiger partial charge in [-0.1, -0.05) is 44.9 Å². The number of hydrogen-bond donors (Lipinski definition) is 0. The number of esters is 2. The van der Waals surface area contributed by atoms with E-state index in [2.05, 4.69) is 40.7 Å². The fraction of sp³-hybridized carbons (Fsp3) is 0.375. The third kappa shape index (κ3) is 17.6. The summed E-state index contributed by atoms with van der Waals surface area (Å²) < 4.78 is 37.6. The Morgan fingerprint density at radius 1 is 0.485 bits per heavy atom. The predicted octanol–water partition coefficient (Wildman–Crippen LogP) is 9.21. The first-order valence-corrected chi connectivity index (χ1v) is 22.5. The third-order valence-electron chi connectivity index (χ3n) is 10.2. The highest BCUT2D eigenvalue weighted by molar-refractivity contribution is 5.92. The predicted molar refractivity (Wildman–Crippen MR) is 250 cm³/mol. The quantitative estimate of drug-likeness (QED) is 0.00988. The van der Waals surface area contributed by atoms with E-state index in [-0.39, 0.29) is 0 Å². The maximum Gasteiger partial charge on any atom is 0.343 e. The molecule has 0 aliphatic heterocycles. The second-order valence-corrected chi connectivity index (χ2v) is 15.3. The van der Waals surface area contributed by atoms with Crippen molar-refractivity contribution in [1.29, 1.82) is 0 Å². The van der Waals surface area contributed by atoms with Crippen LogP contribution < -0.4 is 18.9 Å². The molecule has 2 heterocycles. The Morgan fingerprint density at radius 3 is 1.46 bits per heavy atom. The molecule has 0 fully saturated rings. The number of rotatable bonds is 31.